The van der Waals surface area contributed by atoms with Gasteiger partial charge in [-0.2, -0.15) is 4.31 Å². The molecule has 0 N–H and O–H groups in total. The Labute approximate surface area is 160 Å². The first-order chi connectivity index (χ1) is 12.9. The molecule has 1 saturated heterocycles. The van der Waals surface area contributed by atoms with Crippen LogP contribution in [0.1, 0.15) is 16.2 Å². The van der Waals surface area contributed by atoms with E-state index in [1.807, 2.05) is 0 Å². The first kappa shape index (κ1) is 19.5. The van der Waals surface area contributed by atoms with Crippen LogP contribution in [0.4, 0.5) is 0 Å². The molecule has 144 valence electrons. The summed E-state index contributed by atoms with van der Waals surface area (Å²) in [5.74, 6) is -0.795. The number of benzene rings is 1. The maximum Gasteiger partial charge on any atom is 0.339 e. The van der Waals surface area contributed by atoms with Crippen LogP contribution in [0.3, 0.4) is 0 Å². The molecule has 2 heterocycles. The lowest BCUT2D eigenvalue weighted by atomic mass is 10.2. The zero-order chi connectivity index (χ0) is 19.4. The van der Waals surface area contributed by atoms with Crippen molar-refractivity contribution in [3.63, 3.8) is 0 Å². The van der Waals surface area contributed by atoms with Crippen molar-refractivity contribution in [1.82, 2.24) is 9.29 Å². The summed E-state index contributed by atoms with van der Waals surface area (Å²) in [7, 11) is -3.88. The van der Waals surface area contributed by atoms with Crippen LogP contribution in [-0.4, -0.2) is 50.0 Å². The number of esters is 1. The lowest BCUT2D eigenvalue weighted by molar-refractivity contribution is -0.620. The van der Waals surface area contributed by atoms with E-state index < -0.39 is 16.0 Å². The minimum Gasteiger partial charge on any atom is -0.711 e. The second kappa shape index (κ2) is 8.17. The predicted octanol–water partition coefficient (Wildman–Crippen LogP) is 0.746. The fourth-order valence-corrected chi connectivity index (χ4v) is 4.37. The molecule has 9 nitrogen and oxygen atoms in total. The molecule has 0 atom stereocenters. The van der Waals surface area contributed by atoms with Crippen molar-refractivity contribution in [2.75, 3.05) is 26.3 Å². The summed E-state index contributed by atoms with van der Waals surface area (Å²) in [5.41, 5.74) is -0.000357. The van der Waals surface area contributed by atoms with Gasteiger partial charge in [0.2, 0.25) is 10.0 Å². The summed E-state index contributed by atoms with van der Waals surface area (Å²) in [4.78, 5) is 15.9. The molecule has 0 unspecified atom stereocenters. The number of halogens is 1. The second-order valence-corrected chi connectivity index (χ2v) is 7.91. The lowest BCUT2D eigenvalue weighted by Gasteiger charge is -2.26. The number of morpholine rings is 1. The molecule has 1 aliphatic rings. The van der Waals surface area contributed by atoms with Crippen molar-refractivity contribution in [2.24, 2.45) is 0 Å². The monoisotopic (exact) mass is 413 g/mol. The van der Waals surface area contributed by atoms with Gasteiger partial charge in [0, 0.05) is 19.2 Å². The van der Waals surface area contributed by atoms with E-state index >= 15 is 0 Å². The van der Waals surface area contributed by atoms with Gasteiger partial charge in [-0.3, -0.25) is 0 Å². The van der Waals surface area contributed by atoms with Crippen LogP contribution >= 0.6 is 11.6 Å². The highest BCUT2D eigenvalue weighted by atomic mass is 35.5. The summed E-state index contributed by atoms with van der Waals surface area (Å²) >= 11 is 6.05. The van der Waals surface area contributed by atoms with E-state index in [9.17, 15) is 18.4 Å². The number of rotatable bonds is 5. The Morgan fingerprint density at radius 3 is 2.81 bits per heavy atom. The molecule has 27 heavy (non-hydrogen) atoms. The number of aromatic nitrogens is 2. The first-order valence-corrected chi connectivity index (χ1v) is 9.79. The van der Waals surface area contributed by atoms with Gasteiger partial charge in [0.25, 0.3) is 0 Å². The highest BCUT2D eigenvalue weighted by Gasteiger charge is 2.29. The Bertz CT molecular complexity index is 947. The lowest BCUT2D eigenvalue weighted by Crippen LogP contribution is -2.40. The van der Waals surface area contributed by atoms with Gasteiger partial charge < -0.3 is 14.7 Å². The van der Waals surface area contributed by atoms with E-state index in [-0.39, 0.29) is 54.2 Å². The minimum absolute atomic E-state index is 0.000155. The van der Waals surface area contributed by atoms with E-state index in [2.05, 4.69) is 4.98 Å². The van der Waals surface area contributed by atoms with Crippen LogP contribution in [0.15, 0.2) is 41.6 Å². The highest BCUT2D eigenvalue weighted by molar-refractivity contribution is 7.89. The van der Waals surface area contributed by atoms with Gasteiger partial charge in [0.05, 0.1) is 30.0 Å². The average Bonchev–Trinajstić information content (AvgIpc) is 2.68. The van der Waals surface area contributed by atoms with Crippen molar-refractivity contribution >= 4 is 27.6 Å². The molecule has 2 aromatic rings. The zero-order valence-corrected chi connectivity index (χ0v) is 15.6. The number of hydrogen-bond donors (Lipinski definition) is 0. The van der Waals surface area contributed by atoms with E-state index in [1.165, 1.54) is 41.0 Å². The number of carbonyl (C=O) groups excluding carboxylic acids is 1. The van der Waals surface area contributed by atoms with Crippen molar-refractivity contribution in [1.29, 1.82) is 0 Å². The van der Waals surface area contributed by atoms with Crippen LogP contribution < -0.4 is 4.73 Å². The van der Waals surface area contributed by atoms with Gasteiger partial charge in [-0.25, -0.2) is 17.9 Å². The number of carbonyl (C=O) groups is 1. The summed E-state index contributed by atoms with van der Waals surface area (Å²) < 4.78 is 37.5. The molecule has 0 spiro atoms. The Hall–Kier alpha value is -2.27. The standard InChI is InChI=1S/C16H16ClN3O6S/c17-13-3-2-12(16(21)26-11-15-18-4-1-5-20(15)22)10-14(13)27(23,24)19-6-8-25-9-7-19/h1-5,10H,6-9,11H2. The van der Waals surface area contributed by atoms with Gasteiger partial charge in [-0.05, 0) is 23.2 Å². The topological polar surface area (TPSA) is 113 Å². The molecule has 0 aliphatic carbocycles. The Morgan fingerprint density at radius 2 is 2.11 bits per heavy atom. The van der Waals surface area contributed by atoms with Crippen LogP contribution in [0, 0.1) is 5.21 Å². The van der Waals surface area contributed by atoms with Crippen LogP contribution in [0.25, 0.3) is 0 Å². The van der Waals surface area contributed by atoms with Crippen molar-refractivity contribution < 1.29 is 27.4 Å². The van der Waals surface area contributed by atoms with Gasteiger partial charge >= 0.3 is 11.8 Å². The van der Waals surface area contributed by atoms with Gasteiger partial charge in [-0.15, -0.1) is 0 Å². The largest absolute Gasteiger partial charge is 0.711 e. The summed E-state index contributed by atoms with van der Waals surface area (Å²) in [5, 5.41) is 11.5. The fourth-order valence-electron chi connectivity index (χ4n) is 2.46. The molecule has 11 heteroatoms. The van der Waals surface area contributed by atoms with Gasteiger partial charge in [0.1, 0.15) is 11.1 Å². The summed E-state index contributed by atoms with van der Waals surface area (Å²) in [6.45, 7) is 0.639. The summed E-state index contributed by atoms with van der Waals surface area (Å²) in [6.07, 6.45) is 2.62. The second-order valence-electron chi connectivity index (χ2n) is 5.60. The van der Waals surface area contributed by atoms with E-state index in [0.29, 0.717) is 4.73 Å². The molecule has 3 rings (SSSR count). The normalized spacial score (nSPS) is 15.4. The number of hydrogen-bond acceptors (Lipinski definition) is 7. The molecular weight excluding hydrogens is 398 g/mol. The molecule has 0 saturated carbocycles. The third-order valence-electron chi connectivity index (χ3n) is 3.87. The maximum absolute atomic E-state index is 12.8. The maximum atomic E-state index is 12.8. The highest BCUT2D eigenvalue weighted by Crippen LogP contribution is 2.26. The molecular formula is C16H16ClN3O6S. The van der Waals surface area contributed by atoms with E-state index in [1.54, 1.807) is 0 Å². The van der Waals surface area contributed by atoms with Crippen molar-refractivity contribution in [3.8, 4) is 0 Å². The Morgan fingerprint density at radius 1 is 1.37 bits per heavy atom. The van der Waals surface area contributed by atoms with Crippen molar-refractivity contribution in [3.05, 3.63) is 58.3 Å². The van der Waals surface area contributed by atoms with Crippen molar-refractivity contribution in [2.45, 2.75) is 11.5 Å². The quantitative estimate of drug-likeness (QED) is 0.403. The van der Waals surface area contributed by atoms with Gasteiger partial charge in [0.15, 0.2) is 6.61 Å². The van der Waals surface area contributed by atoms with Gasteiger partial charge in [-0.1, -0.05) is 11.6 Å². The predicted molar refractivity (Wildman–Crippen MR) is 93.3 cm³/mol. The van der Waals surface area contributed by atoms with E-state index in [0.717, 1.165) is 0 Å². The molecule has 1 aromatic heterocycles. The molecule has 0 bridgehead atoms. The Balaban J connectivity index is 1.80. The first-order valence-electron chi connectivity index (χ1n) is 7.97. The number of nitrogens with zero attached hydrogens (tertiary/aromatic N) is 3. The van der Waals surface area contributed by atoms with Crippen LogP contribution in [0.2, 0.25) is 5.02 Å². The smallest absolute Gasteiger partial charge is 0.339 e. The summed E-state index contributed by atoms with van der Waals surface area (Å²) in [6, 6.07) is 5.28. The fraction of sp³-hybridized carbons (Fsp3) is 0.312. The molecule has 1 aliphatic heterocycles. The molecule has 1 fully saturated rings. The zero-order valence-electron chi connectivity index (χ0n) is 14.1. The van der Waals surface area contributed by atoms with Crippen LogP contribution in [-0.2, 0) is 26.1 Å². The SMILES string of the molecule is O=C(OCc1nccc[n+]1[O-])c1ccc(Cl)c(S(=O)(=O)N2CCOCC2)c1. The van der Waals surface area contributed by atoms with E-state index in [4.69, 9.17) is 21.1 Å². The molecule has 0 radical (unpaired) electrons. The average molecular weight is 414 g/mol. The number of ether oxygens (including phenoxy) is 2. The Kier molecular flexibility index (Phi) is 5.90. The minimum atomic E-state index is -3.88. The third kappa shape index (κ3) is 4.35. The third-order valence-corrected chi connectivity index (χ3v) is 6.25. The van der Waals surface area contributed by atoms with Crippen LogP contribution in [0.5, 0.6) is 0 Å². The molecule has 1 aromatic carbocycles. The molecule has 0 amide bonds. The number of sulfonamides is 1.